The van der Waals surface area contributed by atoms with Gasteiger partial charge in [-0.15, -0.1) is 11.3 Å². The number of thiophene rings is 1. The van der Waals surface area contributed by atoms with Gasteiger partial charge in [0, 0.05) is 42.6 Å². The summed E-state index contributed by atoms with van der Waals surface area (Å²) < 4.78 is 0. The van der Waals surface area contributed by atoms with E-state index < -0.39 is 0 Å². The zero-order valence-electron chi connectivity index (χ0n) is 15.5. The molecule has 2 aromatic heterocycles. The van der Waals surface area contributed by atoms with Gasteiger partial charge in [0.1, 0.15) is 16.5 Å². The van der Waals surface area contributed by atoms with Crippen molar-refractivity contribution in [2.45, 2.75) is 32.7 Å². The molecule has 0 radical (unpaired) electrons. The number of aromatic nitrogens is 2. The number of piperazine rings is 1. The van der Waals surface area contributed by atoms with Crippen molar-refractivity contribution in [3.05, 3.63) is 51.1 Å². The van der Waals surface area contributed by atoms with E-state index in [9.17, 15) is 0 Å². The molecule has 140 valence electrons. The van der Waals surface area contributed by atoms with Gasteiger partial charge in [0.05, 0.1) is 5.39 Å². The maximum atomic E-state index is 6.00. The molecule has 3 heterocycles. The molecule has 1 aliphatic heterocycles. The maximum Gasteiger partial charge on any atom is 0.141 e. The summed E-state index contributed by atoms with van der Waals surface area (Å²) in [5, 5.41) is 2.14. The van der Waals surface area contributed by atoms with Gasteiger partial charge in [-0.2, -0.15) is 0 Å². The molecule has 1 fully saturated rings. The van der Waals surface area contributed by atoms with Gasteiger partial charge >= 0.3 is 0 Å². The Morgan fingerprint density at radius 3 is 2.59 bits per heavy atom. The Balaban J connectivity index is 1.36. The highest BCUT2D eigenvalue weighted by atomic mass is 35.5. The summed E-state index contributed by atoms with van der Waals surface area (Å²) in [6.45, 7) is 7.15. The molecule has 0 atom stereocenters. The van der Waals surface area contributed by atoms with Crippen LogP contribution in [0.3, 0.4) is 0 Å². The average Bonchev–Trinajstić information content (AvgIpc) is 3.24. The van der Waals surface area contributed by atoms with Gasteiger partial charge in [0.2, 0.25) is 0 Å². The Labute approximate surface area is 168 Å². The van der Waals surface area contributed by atoms with E-state index in [2.05, 4.69) is 21.9 Å². The van der Waals surface area contributed by atoms with Gasteiger partial charge in [0.25, 0.3) is 0 Å². The van der Waals surface area contributed by atoms with Crippen LogP contribution in [0.2, 0.25) is 5.02 Å². The SMILES string of the molecule is Cc1nc(N2CCN(Cc3ccc(Cl)cc3)CC2)c2c3c(sc2n1)CCC3. The molecule has 5 rings (SSSR count). The largest absolute Gasteiger partial charge is 0.353 e. The number of fused-ring (bicyclic) bond motifs is 3. The molecule has 27 heavy (non-hydrogen) atoms. The van der Waals surface area contributed by atoms with Crippen molar-refractivity contribution in [1.82, 2.24) is 14.9 Å². The van der Waals surface area contributed by atoms with Gasteiger partial charge in [-0.3, -0.25) is 4.90 Å². The molecule has 2 aliphatic rings. The van der Waals surface area contributed by atoms with E-state index in [-0.39, 0.29) is 0 Å². The molecule has 0 spiro atoms. The molecule has 0 amide bonds. The fourth-order valence-corrected chi connectivity index (χ4v) is 5.70. The van der Waals surface area contributed by atoms with Crippen LogP contribution in [0.25, 0.3) is 10.2 Å². The Hall–Kier alpha value is -1.69. The molecule has 4 nitrogen and oxygen atoms in total. The molecule has 0 unspecified atom stereocenters. The summed E-state index contributed by atoms with van der Waals surface area (Å²) in [7, 11) is 0. The lowest BCUT2D eigenvalue weighted by atomic mass is 10.1. The first-order valence-electron chi connectivity index (χ1n) is 9.68. The number of aryl methyl sites for hydroxylation is 3. The van der Waals surface area contributed by atoms with E-state index in [0.717, 1.165) is 43.6 Å². The number of hydrogen-bond donors (Lipinski definition) is 0. The fraction of sp³-hybridized carbons (Fsp3) is 0.429. The standard InChI is InChI=1S/C21H23ClN4S/c1-14-23-20(19-17-3-2-4-18(17)27-21(19)24-14)26-11-9-25(10-12-26)13-15-5-7-16(22)8-6-15/h5-8H,2-4,9-13H2,1H3. The monoisotopic (exact) mass is 398 g/mol. The van der Waals surface area contributed by atoms with Gasteiger partial charge in [-0.1, -0.05) is 23.7 Å². The predicted octanol–water partition coefficient (Wildman–Crippen LogP) is 4.46. The number of halogens is 1. The van der Waals surface area contributed by atoms with Crippen molar-refractivity contribution in [3.8, 4) is 0 Å². The third-order valence-corrected chi connectivity index (χ3v) is 7.09. The molecule has 3 aromatic rings. The van der Waals surface area contributed by atoms with Gasteiger partial charge < -0.3 is 4.90 Å². The highest BCUT2D eigenvalue weighted by molar-refractivity contribution is 7.19. The summed E-state index contributed by atoms with van der Waals surface area (Å²) >= 11 is 7.88. The van der Waals surface area contributed by atoms with Crippen molar-refractivity contribution in [3.63, 3.8) is 0 Å². The first-order valence-corrected chi connectivity index (χ1v) is 10.9. The quantitative estimate of drug-likeness (QED) is 0.651. The highest BCUT2D eigenvalue weighted by Crippen LogP contribution is 2.40. The first kappa shape index (κ1) is 17.4. The number of hydrogen-bond acceptors (Lipinski definition) is 5. The van der Waals surface area contributed by atoms with E-state index in [1.54, 1.807) is 0 Å². The van der Waals surface area contributed by atoms with Crippen molar-refractivity contribution < 1.29 is 0 Å². The summed E-state index contributed by atoms with van der Waals surface area (Å²) in [6, 6.07) is 8.21. The third-order valence-electron chi connectivity index (χ3n) is 5.65. The second kappa shape index (κ2) is 7.04. The second-order valence-corrected chi connectivity index (χ2v) is 9.04. The number of nitrogens with zero attached hydrogens (tertiary/aromatic N) is 4. The molecule has 6 heteroatoms. The minimum atomic E-state index is 0.801. The van der Waals surface area contributed by atoms with Gasteiger partial charge in [-0.25, -0.2) is 9.97 Å². The van der Waals surface area contributed by atoms with Crippen LogP contribution in [-0.4, -0.2) is 41.0 Å². The number of benzene rings is 1. The van der Waals surface area contributed by atoms with Crippen molar-refractivity contribution >= 4 is 39.0 Å². The van der Waals surface area contributed by atoms with Crippen LogP contribution in [0.4, 0.5) is 5.82 Å². The van der Waals surface area contributed by atoms with E-state index in [1.807, 2.05) is 30.4 Å². The van der Waals surface area contributed by atoms with Crippen LogP contribution in [0.5, 0.6) is 0 Å². The topological polar surface area (TPSA) is 32.3 Å². The second-order valence-electron chi connectivity index (χ2n) is 7.52. The zero-order chi connectivity index (χ0) is 18.4. The van der Waals surface area contributed by atoms with E-state index >= 15 is 0 Å². The molecular weight excluding hydrogens is 376 g/mol. The van der Waals surface area contributed by atoms with Crippen LogP contribution >= 0.6 is 22.9 Å². The van der Waals surface area contributed by atoms with Crippen LogP contribution in [0, 0.1) is 6.92 Å². The van der Waals surface area contributed by atoms with Gasteiger partial charge in [0.15, 0.2) is 0 Å². The Morgan fingerprint density at radius 1 is 1.04 bits per heavy atom. The maximum absolute atomic E-state index is 6.00. The molecule has 1 saturated heterocycles. The minimum Gasteiger partial charge on any atom is -0.353 e. The van der Waals surface area contributed by atoms with Gasteiger partial charge in [-0.05, 0) is 49.4 Å². The lowest BCUT2D eigenvalue weighted by molar-refractivity contribution is 0.249. The lowest BCUT2D eigenvalue weighted by Gasteiger charge is -2.36. The average molecular weight is 399 g/mol. The molecule has 0 saturated carbocycles. The van der Waals surface area contributed by atoms with Crippen LogP contribution in [0.15, 0.2) is 24.3 Å². The first-order chi connectivity index (χ1) is 13.2. The fourth-order valence-electron chi connectivity index (χ4n) is 4.27. The van der Waals surface area contributed by atoms with E-state index in [0.29, 0.717) is 0 Å². The molecule has 0 bridgehead atoms. The summed E-state index contributed by atoms with van der Waals surface area (Å²) in [5.41, 5.74) is 2.84. The van der Waals surface area contributed by atoms with Crippen LogP contribution in [-0.2, 0) is 19.4 Å². The molecule has 0 N–H and O–H groups in total. The van der Waals surface area contributed by atoms with Crippen molar-refractivity contribution in [2.24, 2.45) is 0 Å². The number of anilines is 1. The van der Waals surface area contributed by atoms with Crippen LogP contribution in [0.1, 0.15) is 28.2 Å². The minimum absolute atomic E-state index is 0.801. The van der Waals surface area contributed by atoms with Crippen molar-refractivity contribution in [2.75, 3.05) is 31.1 Å². The summed E-state index contributed by atoms with van der Waals surface area (Å²) in [5.74, 6) is 2.06. The molecule has 1 aromatic carbocycles. The normalized spacial score (nSPS) is 17.6. The predicted molar refractivity (Wildman–Crippen MR) is 113 cm³/mol. The van der Waals surface area contributed by atoms with E-state index in [1.165, 1.54) is 51.3 Å². The van der Waals surface area contributed by atoms with E-state index in [4.69, 9.17) is 21.6 Å². The Morgan fingerprint density at radius 2 is 1.81 bits per heavy atom. The Kier molecular flexibility index (Phi) is 4.54. The lowest BCUT2D eigenvalue weighted by Crippen LogP contribution is -2.46. The molecular formula is C21H23ClN4S. The summed E-state index contributed by atoms with van der Waals surface area (Å²) in [6.07, 6.45) is 3.67. The molecule has 1 aliphatic carbocycles. The highest BCUT2D eigenvalue weighted by Gasteiger charge is 2.26. The van der Waals surface area contributed by atoms with Crippen LogP contribution < -0.4 is 4.90 Å². The third kappa shape index (κ3) is 3.33. The summed E-state index contributed by atoms with van der Waals surface area (Å²) in [4.78, 5) is 17.3. The Bertz CT molecular complexity index is 974. The van der Waals surface area contributed by atoms with Crippen molar-refractivity contribution in [1.29, 1.82) is 0 Å². The number of rotatable bonds is 3. The smallest absolute Gasteiger partial charge is 0.141 e. The zero-order valence-corrected chi connectivity index (χ0v) is 17.1.